The van der Waals surface area contributed by atoms with Crippen LogP contribution in [-0.2, 0) is 0 Å². The average molecular weight is 504 g/mol. The maximum Gasteiger partial charge on any atom is 0.0314 e. The van der Waals surface area contributed by atoms with Crippen molar-refractivity contribution in [3.63, 3.8) is 0 Å². The molecule has 6 rings (SSSR count). The summed E-state index contributed by atoms with van der Waals surface area (Å²) in [6.45, 7) is 0. The van der Waals surface area contributed by atoms with E-state index >= 15 is 0 Å². The van der Waals surface area contributed by atoms with Crippen LogP contribution < -0.4 is 17.2 Å². The summed E-state index contributed by atoms with van der Waals surface area (Å²) in [6.07, 6.45) is 0. The van der Waals surface area contributed by atoms with Gasteiger partial charge in [-0.2, -0.15) is 0 Å². The van der Waals surface area contributed by atoms with E-state index in [-0.39, 0.29) is 0 Å². The zero-order valence-corrected chi connectivity index (χ0v) is 21.5. The number of benzene rings is 6. The first-order chi connectivity index (χ1) is 19.0. The van der Waals surface area contributed by atoms with Gasteiger partial charge in [-0.25, -0.2) is 0 Å². The van der Waals surface area contributed by atoms with Crippen LogP contribution in [0.2, 0.25) is 0 Å². The Bertz CT molecular complexity index is 1610. The third-order valence-corrected chi connectivity index (χ3v) is 7.10. The summed E-state index contributed by atoms with van der Waals surface area (Å²) in [5.74, 6) is 0. The lowest BCUT2D eigenvalue weighted by atomic mass is 9.92. The molecule has 3 heteroatoms. The molecule has 3 nitrogen and oxygen atoms in total. The van der Waals surface area contributed by atoms with E-state index in [1.54, 1.807) is 0 Å². The maximum atomic E-state index is 5.97. The molecule has 188 valence electrons. The van der Waals surface area contributed by atoms with E-state index in [1.807, 2.05) is 36.4 Å². The van der Waals surface area contributed by atoms with Crippen LogP contribution in [0.1, 0.15) is 0 Å². The molecule has 6 aromatic rings. The molecule has 0 atom stereocenters. The lowest BCUT2D eigenvalue weighted by Gasteiger charge is -2.13. The molecule has 6 N–H and O–H groups in total. The molecule has 6 aromatic carbocycles. The molecule has 0 aliphatic carbocycles. The second-order valence-corrected chi connectivity index (χ2v) is 9.82. The molecule has 0 heterocycles. The number of rotatable bonds is 5. The number of hydrogen-bond acceptors (Lipinski definition) is 3. The Morgan fingerprint density at radius 2 is 0.359 bits per heavy atom. The minimum absolute atomic E-state index is 0.756. The molecule has 0 aliphatic heterocycles. The summed E-state index contributed by atoms with van der Waals surface area (Å²) in [7, 11) is 0. The Labute approximate surface area is 229 Å². The molecule has 0 saturated heterocycles. The van der Waals surface area contributed by atoms with E-state index in [0.717, 1.165) is 72.7 Å². The average Bonchev–Trinajstić information content (AvgIpc) is 2.98. The Hall–Kier alpha value is -5.28. The lowest BCUT2D eigenvalue weighted by molar-refractivity contribution is 1.55. The Kier molecular flexibility index (Phi) is 6.32. The van der Waals surface area contributed by atoms with Crippen LogP contribution in [0.25, 0.3) is 55.6 Å². The summed E-state index contributed by atoms with van der Waals surface area (Å²) < 4.78 is 0. The largest absolute Gasteiger partial charge is 0.399 e. The predicted molar refractivity (Wildman–Crippen MR) is 167 cm³/mol. The van der Waals surface area contributed by atoms with Gasteiger partial charge >= 0.3 is 0 Å². The fourth-order valence-electron chi connectivity index (χ4n) is 4.86. The summed E-state index contributed by atoms with van der Waals surface area (Å²) in [5.41, 5.74) is 31.5. The molecular formula is C36H29N3. The van der Waals surface area contributed by atoms with Crippen LogP contribution >= 0.6 is 0 Å². The minimum atomic E-state index is 0.756. The van der Waals surface area contributed by atoms with Crippen LogP contribution in [0.5, 0.6) is 0 Å². The van der Waals surface area contributed by atoms with Gasteiger partial charge in [0.2, 0.25) is 0 Å². The second kappa shape index (κ2) is 10.2. The van der Waals surface area contributed by atoms with E-state index in [0.29, 0.717) is 0 Å². The van der Waals surface area contributed by atoms with E-state index in [1.165, 1.54) is 0 Å². The molecule has 0 radical (unpaired) electrons. The van der Waals surface area contributed by atoms with Crippen molar-refractivity contribution in [1.29, 1.82) is 0 Å². The van der Waals surface area contributed by atoms with Crippen LogP contribution in [0.15, 0.2) is 140 Å². The van der Waals surface area contributed by atoms with Gasteiger partial charge in [0.1, 0.15) is 0 Å². The molecule has 0 saturated carbocycles. The summed E-state index contributed by atoms with van der Waals surface area (Å²) >= 11 is 0. The summed E-state index contributed by atoms with van der Waals surface area (Å²) in [4.78, 5) is 0. The number of nitrogens with two attached hydrogens (primary N) is 3. The van der Waals surface area contributed by atoms with Gasteiger partial charge in [0, 0.05) is 17.1 Å². The van der Waals surface area contributed by atoms with Gasteiger partial charge in [-0.3, -0.25) is 0 Å². The molecule has 0 aliphatic rings. The zero-order chi connectivity index (χ0) is 26.8. The third-order valence-electron chi connectivity index (χ3n) is 7.10. The molecule has 0 fully saturated rings. The smallest absolute Gasteiger partial charge is 0.0314 e. The quantitative estimate of drug-likeness (QED) is 0.206. The van der Waals surface area contributed by atoms with Gasteiger partial charge in [0.15, 0.2) is 0 Å². The van der Waals surface area contributed by atoms with Crippen molar-refractivity contribution in [3.8, 4) is 55.6 Å². The SMILES string of the molecule is Nc1ccc(-c2ccc(-c3cc(-c4ccc(N)cc4)cc(-c4ccc(-c5ccc(N)cc5)cc4)c3)cc2)cc1. The van der Waals surface area contributed by atoms with Crippen molar-refractivity contribution >= 4 is 17.1 Å². The standard InChI is InChI=1S/C36H29N3/c37-34-15-9-26(10-16-34)24-1-5-28(6-2-24)31-21-32(23-33(22-31)30-13-19-36(39)20-14-30)29-7-3-25(4-8-29)27-11-17-35(38)18-12-27/h1-23H,37-39H2. The maximum absolute atomic E-state index is 5.97. The molecule has 0 bridgehead atoms. The third kappa shape index (κ3) is 5.25. The van der Waals surface area contributed by atoms with E-state index < -0.39 is 0 Å². The zero-order valence-electron chi connectivity index (χ0n) is 21.5. The number of hydrogen-bond donors (Lipinski definition) is 3. The highest BCUT2D eigenvalue weighted by molar-refractivity contribution is 5.83. The Balaban J connectivity index is 1.40. The van der Waals surface area contributed by atoms with E-state index in [4.69, 9.17) is 17.2 Å². The first-order valence-corrected chi connectivity index (χ1v) is 13.0. The fourth-order valence-corrected chi connectivity index (χ4v) is 4.86. The molecule has 0 aromatic heterocycles. The topological polar surface area (TPSA) is 78.1 Å². The van der Waals surface area contributed by atoms with Gasteiger partial charge in [-0.15, -0.1) is 0 Å². The molecule has 0 unspecified atom stereocenters. The number of nitrogen functional groups attached to an aromatic ring is 3. The first-order valence-electron chi connectivity index (χ1n) is 13.0. The molecule has 0 amide bonds. The first kappa shape index (κ1) is 24.1. The van der Waals surface area contributed by atoms with E-state index in [9.17, 15) is 0 Å². The predicted octanol–water partition coefficient (Wildman–Crippen LogP) is 8.77. The van der Waals surface area contributed by atoms with Gasteiger partial charge in [0.25, 0.3) is 0 Å². The van der Waals surface area contributed by atoms with Crippen LogP contribution in [-0.4, -0.2) is 0 Å². The summed E-state index contributed by atoms with van der Waals surface area (Å²) in [5, 5.41) is 0. The molecule has 39 heavy (non-hydrogen) atoms. The fraction of sp³-hybridized carbons (Fsp3) is 0. The van der Waals surface area contributed by atoms with Gasteiger partial charge < -0.3 is 17.2 Å². The minimum Gasteiger partial charge on any atom is -0.399 e. The monoisotopic (exact) mass is 503 g/mol. The van der Waals surface area contributed by atoms with Crippen molar-refractivity contribution in [2.24, 2.45) is 0 Å². The molecule has 0 spiro atoms. The van der Waals surface area contributed by atoms with Crippen molar-refractivity contribution < 1.29 is 0 Å². The Morgan fingerprint density at radius 3 is 0.564 bits per heavy atom. The van der Waals surface area contributed by atoms with Crippen molar-refractivity contribution in [2.45, 2.75) is 0 Å². The van der Waals surface area contributed by atoms with Crippen molar-refractivity contribution in [3.05, 3.63) is 140 Å². The van der Waals surface area contributed by atoms with Gasteiger partial charge in [0.05, 0.1) is 0 Å². The van der Waals surface area contributed by atoms with Crippen LogP contribution in [0.4, 0.5) is 17.1 Å². The highest BCUT2D eigenvalue weighted by atomic mass is 14.5. The molecular weight excluding hydrogens is 474 g/mol. The van der Waals surface area contributed by atoms with Gasteiger partial charge in [-0.05, 0) is 110 Å². The Morgan fingerprint density at radius 1 is 0.205 bits per heavy atom. The summed E-state index contributed by atoms with van der Waals surface area (Å²) in [6, 6.07) is 48.1. The normalized spacial score (nSPS) is 10.9. The van der Waals surface area contributed by atoms with Crippen LogP contribution in [0.3, 0.4) is 0 Å². The lowest BCUT2D eigenvalue weighted by Crippen LogP contribution is -1.88. The number of anilines is 3. The second-order valence-electron chi connectivity index (χ2n) is 9.82. The van der Waals surface area contributed by atoms with Crippen LogP contribution in [0, 0.1) is 0 Å². The van der Waals surface area contributed by atoms with Crippen molar-refractivity contribution in [1.82, 2.24) is 0 Å². The van der Waals surface area contributed by atoms with Crippen molar-refractivity contribution in [2.75, 3.05) is 17.2 Å². The van der Waals surface area contributed by atoms with Gasteiger partial charge in [-0.1, -0.05) is 84.9 Å². The van der Waals surface area contributed by atoms with E-state index in [2.05, 4.69) is 103 Å². The highest BCUT2D eigenvalue weighted by Gasteiger charge is 2.09. The highest BCUT2D eigenvalue weighted by Crippen LogP contribution is 2.35.